The normalized spacial score (nSPS) is 13.4. The number of carbonyl (C=O) groups excluding carboxylic acids is 1. The van der Waals surface area contributed by atoms with Gasteiger partial charge in [0, 0.05) is 17.3 Å². The van der Waals surface area contributed by atoms with E-state index in [-0.39, 0.29) is 11.5 Å². The average molecular weight is 509 g/mol. The number of aryl methyl sites for hydroxylation is 1. The molecule has 0 spiro atoms. The van der Waals surface area contributed by atoms with E-state index in [1.807, 2.05) is 0 Å². The van der Waals surface area contributed by atoms with Crippen LogP contribution in [0.2, 0.25) is 10.0 Å². The molecule has 6 nitrogen and oxygen atoms in total. The highest BCUT2D eigenvalue weighted by molar-refractivity contribution is 7.92. The number of ether oxygens (including phenoxy) is 1. The summed E-state index contributed by atoms with van der Waals surface area (Å²) in [5.41, 5.74) is 1.84. The summed E-state index contributed by atoms with van der Waals surface area (Å²) in [6.45, 7) is 0.0532. The molecule has 0 bridgehead atoms. The van der Waals surface area contributed by atoms with Gasteiger partial charge in [-0.25, -0.2) is 12.8 Å². The number of amides is 1. The minimum absolute atomic E-state index is 0.0205. The van der Waals surface area contributed by atoms with Crippen LogP contribution in [-0.2, 0) is 21.2 Å². The van der Waals surface area contributed by atoms with Gasteiger partial charge in [-0.15, -0.1) is 0 Å². The van der Waals surface area contributed by atoms with Crippen LogP contribution in [0.15, 0.2) is 65.6 Å². The van der Waals surface area contributed by atoms with Crippen molar-refractivity contribution in [1.29, 1.82) is 0 Å². The number of fused-ring (bicyclic) bond motifs is 1. The second kappa shape index (κ2) is 9.59. The van der Waals surface area contributed by atoms with Gasteiger partial charge in [0.05, 0.1) is 15.6 Å². The van der Waals surface area contributed by atoms with E-state index in [0.717, 1.165) is 17.7 Å². The number of rotatable bonds is 6. The lowest BCUT2D eigenvalue weighted by Gasteiger charge is -2.31. The van der Waals surface area contributed by atoms with E-state index in [4.69, 9.17) is 27.9 Å². The van der Waals surface area contributed by atoms with Crippen molar-refractivity contribution >= 4 is 50.5 Å². The monoisotopic (exact) mass is 508 g/mol. The van der Waals surface area contributed by atoms with E-state index in [0.29, 0.717) is 46.6 Å². The Morgan fingerprint density at radius 2 is 1.82 bits per heavy atom. The van der Waals surface area contributed by atoms with Crippen molar-refractivity contribution in [1.82, 2.24) is 0 Å². The quantitative estimate of drug-likeness (QED) is 0.490. The maximum absolute atomic E-state index is 13.2. The third-order valence-electron chi connectivity index (χ3n) is 5.09. The third-order valence-corrected chi connectivity index (χ3v) is 7.45. The zero-order chi connectivity index (χ0) is 23.6. The molecular formula is C23H19Cl2FN2O4S. The molecule has 1 amide bonds. The van der Waals surface area contributed by atoms with Crippen molar-refractivity contribution in [3.8, 4) is 5.75 Å². The van der Waals surface area contributed by atoms with Crippen LogP contribution < -0.4 is 14.4 Å². The first-order valence-electron chi connectivity index (χ1n) is 10.0. The summed E-state index contributed by atoms with van der Waals surface area (Å²) in [7, 11) is -3.84. The van der Waals surface area contributed by atoms with E-state index in [9.17, 15) is 17.6 Å². The lowest BCUT2D eigenvalue weighted by Crippen LogP contribution is -2.35. The molecule has 0 saturated heterocycles. The average Bonchev–Trinajstić information content (AvgIpc) is 2.78. The second-order valence-electron chi connectivity index (χ2n) is 7.39. The van der Waals surface area contributed by atoms with E-state index in [1.54, 1.807) is 30.3 Å². The number of halogens is 3. The molecule has 4 rings (SSSR count). The molecule has 0 fully saturated rings. The van der Waals surface area contributed by atoms with Crippen LogP contribution in [0.4, 0.5) is 15.8 Å². The molecule has 172 valence electrons. The lowest BCUT2D eigenvalue weighted by molar-refractivity contribution is -0.118. The minimum Gasteiger partial charge on any atom is -0.482 e. The van der Waals surface area contributed by atoms with Gasteiger partial charge in [-0.3, -0.25) is 9.10 Å². The Morgan fingerprint density at radius 1 is 1.06 bits per heavy atom. The number of nitrogens with one attached hydrogen (secondary N) is 1. The zero-order valence-electron chi connectivity index (χ0n) is 17.2. The molecule has 33 heavy (non-hydrogen) atoms. The maximum atomic E-state index is 13.2. The standard InChI is InChI=1S/C23H19Cl2FN2O4S/c24-16-3-10-22(20(25)13-16)32-14-23(29)27-18-6-9-21-15(12-18)2-1-11-28(21)33(30,31)19-7-4-17(26)5-8-19/h3-10,12-13H,1-2,11,14H2,(H,27,29). The Bertz CT molecular complexity index is 1300. The van der Waals surface area contributed by atoms with E-state index >= 15 is 0 Å². The van der Waals surface area contributed by atoms with Crippen molar-refractivity contribution < 1.29 is 22.3 Å². The number of hydrogen-bond donors (Lipinski definition) is 1. The fourth-order valence-corrected chi connectivity index (χ4v) is 5.56. The molecule has 10 heteroatoms. The summed E-state index contributed by atoms with van der Waals surface area (Å²) in [5.74, 6) is -0.563. The van der Waals surface area contributed by atoms with Crippen LogP contribution in [0.25, 0.3) is 0 Å². The van der Waals surface area contributed by atoms with E-state index in [2.05, 4.69) is 5.32 Å². The number of anilines is 2. The largest absolute Gasteiger partial charge is 0.482 e. The highest BCUT2D eigenvalue weighted by Gasteiger charge is 2.29. The van der Waals surface area contributed by atoms with Crippen LogP contribution in [0.3, 0.4) is 0 Å². The summed E-state index contributed by atoms with van der Waals surface area (Å²) < 4.78 is 46.2. The zero-order valence-corrected chi connectivity index (χ0v) is 19.6. The molecule has 3 aromatic rings. The summed E-state index contributed by atoms with van der Waals surface area (Å²) in [5, 5.41) is 3.50. The minimum atomic E-state index is -3.84. The molecule has 0 aromatic heterocycles. The first-order valence-corrected chi connectivity index (χ1v) is 12.2. The van der Waals surface area contributed by atoms with Gasteiger partial charge in [0.25, 0.3) is 15.9 Å². The Kier molecular flexibility index (Phi) is 6.78. The Morgan fingerprint density at radius 3 is 2.55 bits per heavy atom. The van der Waals surface area contributed by atoms with Gasteiger partial charge in [-0.2, -0.15) is 0 Å². The second-order valence-corrected chi connectivity index (χ2v) is 10.1. The van der Waals surface area contributed by atoms with Crippen molar-refractivity contribution in [2.24, 2.45) is 0 Å². The van der Waals surface area contributed by atoms with Crippen molar-refractivity contribution in [3.05, 3.63) is 82.1 Å². The Labute approximate surface area is 200 Å². The van der Waals surface area contributed by atoms with Gasteiger partial charge in [0.1, 0.15) is 11.6 Å². The van der Waals surface area contributed by atoms with Gasteiger partial charge in [0.2, 0.25) is 0 Å². The molecule has 1 aliphatic rings. The number of nitrogens with zero attached hydrogens (tertiary/aromatic N) is 1. The van der Waals surface area contributed by atoms with Crippen LogP contribution in [0, 0.1) is 5.82 Å². The molecule has 0 saturated carbocycles. The van der Waals surface area contributed by atoms with E-state index in [1.165, 1.54) is 22.5 Å². The van der Waals surface area contributed by atoms with Crippen molar-refractivity contribution in [3.63, 3.8) is 0 Å². The van der Waals surface area contributed by atoms with Gasteiger partial charge in [-0.1, -0.05) is 23.2 Å². The Balaban J connectivity index is 1.47. The third kappa shape index (κ3) is 5.24. The molecule has 3 aromatic carbocycles. The first kappa shape index (κ1) is 23.4. The molecular weight excluding hydrogens is 490 g/mol. The van der Waals surface area contributed by atoms with Gasteiger partial charge >= 0.3 is 0 Å². The first-order chi connectivity index (χ1) is 15.7. The van der Waals surface area contributed by atoms with Crippen LogP contribution in [-0.4, -0.2) is 27.5 Å². The van der Waals surface area contributed by atoms with Gasteiger partial charge < -0.3 is 10.1 Å². The fourth-order valence-electron chi connectivity index (χ4n) is 3.56. The van der Waals surface area contributed by atoms with Gasteiger partial charge in [0.15, 0.2) is 6.61 Å². The maximum Gasteiger partial charge on any atom is 0.264 e. The summed E-state index contributed by atoms with van der Waals surface area (Å²) in [6.07, 6.45) is 1.27. The molecule has 1 heterocycles. The highest BCUT2D eigenvalue weighted by atomic mass is 35.5. The lowest BCUT2D eigenvalue weighted by atomic mass is 10.0. The number of benzene rings is 3. The summed E-state index contributed by atoms with van der Waals surface area (Å²) >= 11 is 11.9. The van der Waals surface area contributed by atoms with Crippen molar-refractivity contribution in [2.75, 3.05) is 22.8 Å². The molecule has 0 unspecified atom stereocenters. The number of hydrogen-bond acceptors (Lipinski definition) is 4. The highest BCUT2D eigenvalue weighted by Crippen LogP contribution is 2.34. The smallest absolute Gasteiger partial charge is 0.264 e. The number of carbonyl (C=O) groups is 1. The van der Waals surface area contributed by atoms with Crippen LogP contribution >= 0.6 is 23.2 Å². The Hall–Kier alpha value is -2.81. The molecule has 0 atom stereocenters. The van der Waals surface area contributed by atoms with Crippen molar-refractivity contribution in [2.45, 2.75) is 17.7 Å². The van der Waals surface area contributed by atoms with Crippen LogP contribution in [0.1, 0.15) is 12.0 Å². The topological polar surface area (TPSA) is 75.7 Å². The van der Waals surface area contributed by atoms with Crippen LogP contribution in [0.5, 0.6) is 5.75 Å². The molecule has 1 aliphatic heterocycles. The molecule has 0 radical (unpaired) electrons. The van der Waals surface area contributed by atoms with Gasteiger partial charge in [-0.05, 0) is 79.1 Å². The fraction of sp³-hybridized carbons (Fsp3) is 0.174. The molecule has 0 aliphatic carbocycles. The molecule has 1 N–H and O–H groups in total. The summed E-state index contributed by atoms with van der Waals surface area (Å²) in [4.78, 5) is 12.3. The SMILES string of the molecule is O=C(COc1ccc(Cl)cc1Cl)Nc1ccc2c(c1)CCCN2S(=O)(=O)c1ccc(F)cc1. The predicted molar refractivity (Wildman–Crippen MR) is 126 cm³/mol. The van der Waals surface area contributed by atoms with E-state index < -0.39 is 21.7 Å². The summed E-state index contributed by atoms with van der Waals surface area (Å²) in [6, 6.07) is 14.5. The predicted octanol–water partition coefficient (Wildman–Crippen LogP) is 5.29. The number of sulfonamides is 1.